The lowest BCUT2D eigenvalue weighted by Crippen LogP contribution is -2.29. The van der Waals surface area contributed by atoms with E-state index in [1.807, 2.05) is 62.4 Å². The zero-order chi connectivity index (χ0) is 24.3. The number of nitrogens with zero attached hydrogens (tertiary/aromatic N) is 1. The van der Waals surface area contributed by atoms with Crippen LogP contribution >= 0.6 is 0 Å². The number of imidazole rings is 1. The molecule has 0 atom stereocenters. The molecule has 0 bridgehead atoms. The van der Waals surface area contributed by atoms with Crippen LogP contribution in [-0.4, -0.2) is 37.4 Å². The van der Waals surface area contributed by atoms with Crippen LogP contribution in [0.3, 0.4) is 0 Å². The second-order valence-electron chi connectivity index (χ2n) is 8.14. The number of carbonyl (C=O) groups excluding carboxylic acids is 1. The number of hydrogen-bond acceptors (Lipinski definition) is 4. The average molecular weight is 475 g/mol. The van der Waals surface area contributed by atoms with Gasteiger partial charge in [0.2, 0.25) is 10.0 Å². The van der Waals surface area contributed by atoms with Gasteiger partial charge in [0.05, 0.1) is 15.9 Å². The van der Waals surface area contributed by atoms with Gasteiger partial charge in [-0.25, -0.2) is 18.1 Å². The maximum Gasteiger partial charge on any atom is 0.251 e. The van der Waals surface area contributed by atoms with Crippen LogP contribution in [0.25, 0.3) is 34.3 Å². The smallest absolute Gasteiger partial charge is 0.251 e. The molecule has 0 aliphatic rings. The predicted octanol–water partition coefficient (Wildman–Crippen LogP) is 4.45. The molecule has 4 aromatic rings. The molecule has 0 unspecified atom stereocenters. The Hall–Kier alpha value is -3.75. The van der Waals surface area contributed by atoms with E-state index in [1.54, 1.807) is 30.3 Å². The van der Waals surface area contributed by atoms with Crippen LogP contribution in [0.4, 0.5) is 0 Å². The van der Waals surface area contributed by atoms with Crippen molar-refractivity contribution in [3.05, 3.63) is 83.7 Å². The number of rotatable bonds is 7. The molecule has 0 aliphatic carbocycles. The first kappa shape index (κ1) is 23.4. The molecule has 34 heavy (non-hydrogen) atoms. The van der Waals surface area contributed by atoms with Gasteiger partial charge in [-0.15, -0.1) is 0 Å². The summed E-state index contributed by atoms with van der Waals surface area (Å²) in [6.45, 7) is 3.85. The molecule has 0 saturated heterocycles. The maximum atomic E-state index is 12.4. The van der Waals surface area contributed by atoms with Crippen molar-refractivity contribution in [3.8, 4) is 11.1 Å². The second-order valence-corrected chi connectivity index (χ2v) is 10.00. The van der Waals surface area contributed by atoms with Gasteiger partial charge in [0.25, 0.3) is 5.91 Å². The maximum absolute atomic E-state index is 12.4. The van der Waals surface area contributed by atoms with E-state index in [1.165, 1.54) is 7.05 Å². The molecule has 1 heterocycles. The Balaban J connectivity index is 1.58. The summed E-state index contributed by atoms with van der Waals surface area (Å²) in [5.74, 6) is 0.576. The number of sulfonamides is 1. The lowest BCUT2D eigenvalue weighted by molar-refractivity contribution is 0.0943. The van der Waals surface area contributed by atoms with Crippen molar-refractivity contribution in [1.29, 1.82) is 0 Å². The van der Waals surface area contributed by atoms with Crippen molar-refractivity contribution < 1.29 is 13.2 Å². The highest BCUT2D eigenvalue weighted by Crippen LogP contribution is 2.29. The molecule has 0 saturated carbocycles. The highest BCUT2D eigenvalue weighted by atomic mass is 32.2. The molecular formula is C26H26N4O3S. The first-order valence-electron chi connectivity index (χ1n) is 10.9. The predicted molar refractivity (Wildman–Crippen MR) is 136 cm³/mol. The largest absolute Gasteiger partial charge is 0.350 e. The summed E-state index contributed by atoms with van der Waals surface area (Å²) in [7, 11) is -2.19. The summed E-state index contributed by atoms with van der Waals surface area (Å²) in [6.07, 6.45) is 3.78. The molecular weight excluding hydrogens is 448 g/mol. The van der Waals surface area contributed by atoms with Gasteiger partial charge in [0.15, 0.2) is 0 Å². The van der Waals surface area contributed by atoms with E-state index >= 15 is 0 Å². The van der Waals surface area contributed by atoms with Crippen LogP contribution in [0.5, 0.6) is 0 Å². The summed E-state index contributed by atoms with van der Waals surface area (Å²) < 4.78 is 27.2. The molecule has 1 amide bonds. The van der Waals surface area contributed by atoms with Gasteiger partial charge >= 0.3 is 0 Å². The first-order chi connectivity index (χ1) is 16.3. The van der Waals surface area contributed by atoms with Crippen molar-refractivity contribution in [2.75, 3.05) is 7.05 Å². The molecule has 174 valence electrons. The second kappa shape index (κ2) is 9.62. The number of fused-ring (bicyclic) bond motifs is 1. The molecule has 4 rings (SSSR count). The fourth-order valence-corrected chi connectivity index (χ4v) is 4.54. The molecule has 3 aromatic carbocycles. The lowest BCUT2D eigenvalue weighted by atomic mass is 10.1. The van der Waals surface area contributed by atoms with Crippen molar-refractivity contribution in [2.45, 2.75) is 24.8 Å². The average Bonchev–Trinajstić information content (AvgIpc) is 3.25. The topological polar surface area (TPSA) is 104 Å². The van der Waals surface area contributed by atoms with Crippen LogP contribution in [0, 0.1) is 0 Å². The molecule has 3 N–H and O–H groups in total. The minimum Gasteiger partial charge on any atom is -0.350 e. The number of amides is 1. The number of hydrogen-bond donors (Lipinski definition) is 3. The minimum absolute atomic E-state index is 0.0851. The zero-order valence-electron chi connectivity index (χ0n) is 19.2. The third-order valence-electron chi connectivity index (χ3n) is 5.28. The highest BCUT2D eigenvalue weighted by molar-refractivity contribution is 7.89. The molecule has 0 radical (unpaired) electrons. The van der Waals surface area contributed by atoms with E-state index in [-0.39, 0.29) is 16.8 Å². The third kappa shape index (κ3) is 5.08. The molecule has 8 heteroatoms. The van der Waals surface area contributed by atoms with Gasteiger partial charge in [-0.05, 0) is 68.4 Å². The van der Waals surface area contributed by atoms with Crippen LogP contribution in [0.1, 0.15) is 35.6 Å². The van der Waals surface area contributed by atoms with Crippen LogP contribution in [0.15, 0.2) is 71.6 Å². The summed E-state index contributed by atoms with van der Waals surface area (Å²) in [5, 5.41) is 2.87. The summed E-state index contributed by atoms with van der Waals surface area (Å²) >= 11 is 0. The Kier molecular flexibility index (Phi) is 6.63. The minimum atomic E-state index is -3.59. The van der Waals surface area contributed by atoms with Gasteiger partial charge in [0.1, 0.15) is 5.82 Å². The fourth-order valence-electron chi connectivity index (χ4n) is 3.59. The Morgan fingerprint density at radius 2 is 1.74 bits per heavy atom. The standard InChI is InChI=1S/C26H26N4O3S/c1-17(2)28-26(31)19-11-8-18(9-12-19)10-15-25-29-22-14-13-20(16-23(22)30-25)21-6-4-5-7-24(21)34(32,33)27-3/h4-17,27H,1-3H3,(H,28,31)(H,29,30). The van der Waals surface area contributed by atoms with E-state index < -0.39 is 10.0 Å². The van der Waals surface area contributed by atoms with E-state index in [2.05, 4.69) is 20.0 Å². The Bertz CT molecular complexity index is 1470. The number of H-pyrrole nitrogens is 1. The lowest BCUT2D eigenvalue weighted by Gasteiger charge is -2.09. The number of aromatic nitrogens is 2. The van der Waals surface area contributed by atoms with Crippen molar-refractivity contribution in [2.24, 2.45) is 0 Å². The van der Waals surface area contributed by atoms with Gasteiger partial charge in [-0.3, -0.25) is 4.79 Å². The van der Waals surface area contributed by atoms with E-state index in [4.69, 9.17) is 0 Å². The van der Waals surface area contributed by atoms with Gasteiger partial charge in [-0.2, -0.15) is 0 Å². The quantitative estimate of drug-likeness (QED) is 0.368. The van der Waals surface area contributed by atoms with Crippen LogP contribution in [0.2, 0.25) is 0 Å². The summed E-state index contributed by atoms with van der Waals surface area (Å²) in [5.41, 5.74) is 4.52. The summed E-state index contributed by atoms with van der Waals surface area (Å²) in [6, 6.07) is 19.9. The first-order valence-corrected chi connectivity index (χ1v) is 12.4. The number of carbonyl (C=O) groups is 1. The number of benzene rings is 3. The molecule has 7 nitrogen and oxygen atoms in total. The monoisotopic (exact) mass is 474 g/mol. The van der Waals surface area contributed by atoms with Gasteiger partial charge < -0.3 is 10.3 Å². The fraction of sp³-hybridized carbons (Fsp3) is 0.154. The van der Waals surface area contributed by atoms with Crippen molar-refractivity contribution in [1.82, 2.24) is 20.0 Å². The third-order valence-corrected chi connectivity index (χ3v) is 6.76. The van der Waals surface area contributed by atoms with E-state index in [0.717, 1.165) is 22.2 Å². The van der Waals surface area contributed by atoms with Crippen LogP contribution < -0.4 is 10.0 Å². The Morgan fingerprint density at radius 3 is 2.44 bits per heavy atom. The van der Waals surface area contributed by atoms with E-state index in [0.29, 0.717) is 17.0 Å². The van der Waals surface area contributed by atoms with Gasteiger partial charge in [0, 0.05) is 17.2 Å². The Labute approximate surface area is 199 Å². The SMILES string of the molecule is CNS(=O)(=O)c1ccccc1-c1ccc2nc(C=Cc3ccc(C(=O)NC(C)C)cc3)[nH]c2c1. The van der Waals surface area contributed by atoms with E-state index in [9.17, 15) is 13.2 Å². The van der Waals surface area contributed by atoms with Crippen LogP contribution in [-0.2, 0) is 10.0 Å². The Morgan fingerprint density at radius 1 is 1.00 bits per heavy atom. The number of aromatic amines is 1. The zero-order valence-corrected chi connectivity index (χ0v) is 20.0. The van der Waals surface area contributed by atoms with Gasteiger partial charge in [-0.1, -0.05) is 42.5 Å². The normalized spacial score (nSPS) is 12.0. The molecule has 0 aliphatic heterocycles. The molecule has 1 aromatic heterocycles. The highest BCUT2D eigenvalue weighted by Gasteiger charge is 2.17. The van der Waals surface area contributed by atoms with Crippen molar-refractivity contribution in [3.63, 3.8) is 0 Å². The summed E-state index contributed by atoms with van der Waals surface area (Å²) in [4.78, 5) is 20.2. The van der Waals surface area contributed by atoms with Crippen molar-refractivity contribution >= 4 is 39.1 Å². The number of nitrogens with one attached hydrogen (secondary N) is 3. The molecule has 0 spiro atoms. The molecule has 0 fully saturated rings.